The average Bonchev–Trinajstić information content (AvgIpc) is 3.03. The third kappa shape index (κ3) is 2.40. The van der Waals surface area contributed by atoms with Crippen LogP contribution in [0.3, 0.4) is 0 Å². The van der Waals surface area contributed by atoms with E-state index in [-0.39, 0.29) is 17.9 Å². The van der Waals surface area contributed by atoms with Gasteiger partial charge in [-0.1, -0.05) is 19.0 Å². The third-order valence-electron chi connectivity index (χ3n) is 3.89. The molecule has 0 aliphatic carbocycles. The fraction of sp³-hybridized carbons (Fsp3) is 0.533. The number of hydrogen-bond acceptors (Lipinski definition) is 5. The van der Waals surface area contributed by atoms with Gasteiger partial charge >= 0.3 is 0 Å². The maximum absolute atomic E-state index is 12.8. The second kappa shape index (κ2) is 5.11. The van der Waals surface area contributed by atoms with Gasteiger partial charge in [0.2, 0.25) is 0 Å². The van der Waals surface area contributed by atoms with Gasteiger partial charge < -0.3 is 15.2 Å². The Balaban J connectivity index is 2.12. The molecule has 21 heavy (non-hydrogen) atoms. The quantitative estimate of drug-likeness (QED) is 0.911. The zero-order valence-corrected chi connectivity index (χ0v) is 12.6. The Kier molecular flexibility index (Phi) is 3.41. The average molecular weight is 288 g/mol. The van der Waals surface area contributed by atoms with Crippen molar-refractivity contribution in [3.63, 3.8) is 0 Å². The van der Waals surface area contributed by atoms with Gasteiger partial charge in [0.1, 0.15) is 0 Å². The van der Waals surface area contributed by atoms with Gasteiger partial charge in [-0.05, 0) is 25.3 Å². The largest absolute Gasteiger partial charge is 0.337 e. The van der Waals surface area contributed by atoms with Gasteiger partial charge in [0.05, 0.1) is 16.6 Å². The van der Waals surface area contributed by atoms with Crippen LogP contribution in [-0.2, 0) is 0 Å². The van der Waals surface area contributed by atoms with E-state index >= 15 is 0 Å². The molecule has 2 N–H and O–H groups in total. The number of aryl methyl sites for hydroxylation is 1. The summed E-state index contributed by atoms with van der Waals surface area (Å²) in [5.74, 6) is 0.159. The first-order chi connectivity index (χ1) is 9.97. The lowest BCUT2D eigenvalue weighted by molar-refractivity contribution is 0.0792. The van der Waals surface area contributed by atoms with Crippen molar-refractivity contribution in [2.45, 2.75) is 39.2 Å². The fourth-order valence-electron chi connectivity index (χ4n) is 2.80. The summed E-state index contributed by atoms with van der Waals surface area (Å²) in [7, 11) is 0. The number of nitrogens with two attached hydrogens (primary N) is 1. The van der Waals surface area contributed by atoms with Crippen LogP contribution in [0.2, 0.25) is 0 Å². The monoisotopic (exact) mass is 288 g/mol. The van der Waals surface area contributed by atoms with Crippen LogP contribution in [-0.4, -0.2) is 40.1 Å². The maximum atomic E-state index is 12.8. The van der Waals surface area contributed by atoms with E-state index in [9.17, 15) is 4.79 Å². The highest BCUT2D eigenvalue weighted by Gasteiger charge is 2.28. The molecule has 3 heterocycles. The topological polar surface area (TPSA) is 85.2 Å². The van der Waals surface area contributed by atoms with Crippen LogP contribution in [0, 0.1) is 6.92 Å². The summed E-state index contributed by atoms with van der Waals surface area (Å²) < 4.78 is 5.31. The Morgan fingerprint density at radius 3 is 2.90 bits per heavy atom. The van der Waals surface area contributed by atoms with Gasteiger partial charge in [-0.15, -0.1) is 0 Å². The number of fused-ring (bicyclic) bond motifs is 1. The highest BCUT2D eigenvalue weighted by atomic mass is 16.5. The van der Waals surface area contributed by atoms with Gasteiger partial charge in [0.15, 0.2) is 0 Å². The predicted molar refractivity (Wildman–Crippen MR) is 79.1 cm³/mol. The van der Waals surface area contributed by atoms with Crippen LogP contribution in [0.4, 0.5) is 0 Å². The molecular weight excluding hydrogens is 268 g/mol. The maximum Gasteiger partial charge on any atom is 0.259 e. The molecule has 1 amide bonds. The van der Waals surface area contributed by atoms with Crippen molar-refractivity contribution >= 4 is 17.0 Å². The number of amides is 1. The van der Waals surface area contributed by atoms with Crippen molar-refractivity contribution < 1.29 is 9.32 Å². The number of carbonyl (C=O) groups is 1. The standard InChI is InChI=1S/C15H20N4O2/c1-8(2)13-12-11(6-9(3)17-14(12)21-18-13)15(20)19-5-4-10(16)7-19/h6,8,10H,4-5,7,16H2,1-3H3/t10-/m1/s1. The lowest BCUT2D eigenvalue weighted by atomic mass is 10.0. The Hall–Kier alpha value is -1.95. The highest BCUT2D eigenvalue weighted by Crippen LogP contribution is 2.29. The van der Waals surface area contributed by atoms with Gasteiger partial charge in [-0.2, -0.15) is 0 Å². The van der Waals surface area contributed by atoms with Crippen molar-refractivity contribution in [2.75, 3.05) is 13.1 Å². The summed E-state index contributed by atoms with van der Waals surface area (Å²) >= 11 is 0. The van der Waals surface area contributed by atoms with Gasteiger partial charge in [0, 0.05) is 24.8 Å². The molecule has 2 aromatic rings. The number of pyridine rings is 1. The molecule has 3 rings (SSSR count). The van der Waals surface area contributed by atoms with E-state index in [1.165, 1.54) is 0 Å². The first-order valence-corrected chi connectivity index (χ1v) is 7.29. The number of rotatable bonds is 2. The summed E-state index contributed by atoms with van der Waals surface area (Å²) in [5, 5.41) is 4.82. The van der Waals surface area contributed by atoms with Crippen molar-refractivity contribution in [1.29, 1.82) is 0 Å². The SMILES string of the molecule is Cc1cc(C(=O)N2CC[C@@H](N)C2)c2c(C(C)C)noc2n1. The normalized spacial score (nSPS) is 18.9. The molecule has 2 aromatic heterocycles. The zero-order chi connectivity index (χ0) is 15.1. The Bertz CT molecular complexity index is 692. The second-order valence-electron chi connectivity index (χ2n) is 6.01. The first kappa shape index (κ1) is 14.0. The first-order valence-electron chi connectivity index (χ1n) is 7.29. The van der Waals surface area contributed by atoms with E-state index < -0.39 is 0 Å². The molecular formula is C15H20N4O2. The molecule has 1 atom stereocenters. The van der Waals surface area contributed by atoms with E-state index in [4.69, 9.17) is 10.3 Å². The summed E-state index contributed by atoms with van der Waals surface area (Å²) in [5.41, 5.74) is 8.49. The Labute approximate surface area is 123 Å². The van der Waals surface area contributed by atoms with E-state index in [2.05, 4.69) is 10.1 Å². The van der Waals surface area contributed by atoms with Gasteiger partial charge in [-0.25, -0.2) is 4.98 Å². The van der Waals surface area contributed by atoms with Crippen LogP contribution in [0.15, 0.2) is 10.6 Å². The molecule has 0 unspecified atom stereocenters. The van der Waals surface area contributed by atoms with E-state index in [1.54, 1.807) is 4.90 Å². The van der Waals surface area contributed by atoms with E-state index in [0.29, 0.717) is 24.4 Å². The summed E-state index contributed by atoms with van der Waals surface area (Å²) in [6.07, 6.45) is 0.847. The number of nitrogens with zero attached hydrogens (tertiary/aromatic N) is 3. The predicted octanol–water partition coefficient (Wildman–Crippen LogP) is 1.83. The molecule has 0 radical (unpaired) electrons. The lowest BCUT2D eigenvalue weighted by Crippen LogP contribution is -2.32. The molecule has 6 nitrogen and oxygen atoms in total. The molecule has 0 aromatic carbocycles. The van der Waals surface area contributed by atoms with Crippen LogP contribution in [0.25, 0.3) is 11.1 Å². The Morgan fingerprint density at radius 2 is 2.29 bits per heavy atom. The molecule has 112 valence electrons. The molecule has 1 fully saturated rings. The Morgan fingerprint density at radius 1 is 1.52 bits per heavy atom. The molecule has 0 bridgehead atoms. The molecule has 1 saturated heterocycles. The summed E-state index contributed by atoms with van der Waals surface area (Å²) in [4.78, 5) is 18.9. The fourth-order valence-corrected chi connectivity index (χ4v) is 2.80. The van der Waals surface area contributed by atoms with Crippen LogP contribution in [0.5, 0.6) is 0 Å². The minimum absolute atomic E-state index is 0.0106. The van der Waals surface area contributed by atoms with Crippen molar-refractivity contribution in [2.24, 2.45) is 5.73 Å². The smallest absolute Gasteiger partial charge is 0.259 e. The third-order valence-corrected chi connectivity index (χ3v) is 3.89. The minimum atomic E-state index is -0.0106. The van der Waals surface area contributed by atoms with Gasteiger partial charge in [-0.3, -0.25) is 4.79 Å². The van der Waals surface area contributed by atoms with Crippen LogP contribution >= 0.6 is 0 Å². The lowest BCUT2D eigenvalue weighted by Gasteiger charge is -2.16. The number of aromatic nitrogens is 2. The van der Waals surface area contributed by atoms with Crippen LogP contribution in [0.1, 0.15) is 47.9 Å². The molecule has 0 spiro atoms. The van der Waals surface area contributed by atoms with Crippen molar-refractivity contribution in [1.82, 2.24) is 15.0 Å². The second-order valence-corrected chi connectivity index (χ2v) is 6.01. The number of likely N-dealkylation sites (tertiary alicyclic amines) is 1. The van der Waals surface area contributed by atoms with Crippen molar-refractivity contribution in [3.05, 3.63) is 23.0 Å². The molecule has 0 saturated carbocycles. The van der Waals surface area contributed by atoms with Gasteiger partial charge in [0.25, 0.3) is 11.6 Å². The minimum Gasteiger partial charge on any atom is -0.337 e. The molecule has 6 heteroatoms. The highest BCUT2D eigenvalue weighted by molar-refractivity contribution is 6.06. The molecule has 1 aliphatic heterocycles. The number of carbonyl (C=O) groups excluding carboxylic acids is 1. The summed E-state index contributed by atoms with van der Waals surface area (Å²) in [6.45, 7) is 7.20. The van der Waals surface area contributed by atoms with Crippen molar-refractivity contribution in [3.8, 4) is 0 Å². The van der Waals surface area contributed by atoms with E-state index in [1.807, 2.05) is 26.8 Å². The van der Waals surface area contributed by atoms with E-state index in [0.717, 1.165) is 23.2 Å². The van der Waals surface area contributed by atoms with Crippen LogP contribution < -0.4 is 5.73 Å². The summed E-state index contributed by atoms with van der Waals surface area (Å²) in [6, 6.07) is 1.89. The zero-order valence-electron chi connectivity index (χ0n) is 12.6. The molecule has 1 aliphatic rings. The number of hydrogen-bond donors (Lipinski definition) is 1.